The van der Waals surface area contributed by atoms with Crippen LogP contribution in [-0.4, -0.2) is 25.1 Å². The zero-order valence-corrected chi connectivity index (χ0v) is 16.8. The fourth-order valence-corrected chi connectivity index (χ4v) is 3.23. The van der Waals surface area contributed by atoms with Gasteiger partial charge in [-0.05, 0) is 42.0 Å². The van der Waals surface area contributed by atoms with E-state index in [2.05, 4.69) is 10.3 Å². The zero-order valence-electron chi connectivity index (χ0n) is 16.8. The lowest BCUT2D eigenvalue weighted by Crippen LogP contribution is -2.22. The molecule has 0 aliphatic heterocycles. The van der Waals surface area contributed by atoms with Gasteiger partial charge in [-0.2, -0.15) is 0 Å². The maximum atomic E-state index is 12.6. The molecule has 30 heavy (non-hydrogen) atoms. The summed E-state index contributed by atoms with van der Waals surface area (Å²) in [7, 11) is 3.25. The lowest BCUT2D eigenvalue weighted by Gasteiger charge is -2.09. The van der Waals surface area contributed by atoms with Crippen LogP contribution in [0.5, 0.6) is 11.5 Å². The Hall–Kier alpha value is -3.80. The standard InChI is InChI=1S/C24H22N2O4/c1-28-19-10-7-16(8-11-19)13-23-26-20-12-9-17(14-22(20)30-23)24(27)25-15-18-5-3-4-6-21(18)29-2/h3-12,14H,13,15H2,1-2H3,(H,25,27). The van der Waals surface area contributed by atoms with Crippen molar-refractivity contribution in [1.82, 2.24) is 10.3 Å². The van der Waals surface area contributed by atoms with Crippen LogP contribution in [0, 0.1) is 0 Å². The average molecular weight is 402 g/mol. The van der Waals surface area contributed by atoms with Crippen molar-refractivity contribution in [3.05, 3.63) is 89.3 Å². The summed E-state index contributed by atoms with van der Waals surface area (Å²) in [6, 6.07) is 20.6. The van der Waals surface area contributed by atoms with Crippen molar-refractivity contribution in [1.29, 1.82) is 0 Å². The van der Waals surface area contributed by atoms with Gasteiger partial charge in [-0.3, -0.25) is 4.79 Å². The van der Waals surface area contributed by atoms with Gasteiger partial charge in [-0.15, -0.1) is 0 Å². The molecule has 0 aliphatic carbocycles. The molecule has 6 nitrogen and oxygen atoms in total. The van der Waals surface area contributed by atoms with Gasteiger partial charge in [0.15, 0.2) is 11.5 Å². The molecule has 4 aromatic rings. The molecule has 0 radical (unpaired) electrons. The van der Waals surface area contributed by atoms with Gasteiger partial charge in [0.1, 0.15) is 17.0 Å². The molecule has 0 unspecified atom stereocenters. The van der Waals surface area contributed by atoms with Gasteiger partial charge in [0.05, 0.1) is 14.2 Å². The van der Waals surface area contributed by atoms with E-state index >= 15 is 0 Å². The van der Waals surface area contributed by atoms with Gasteiger partial charge in [-0.25, -0.2) is 4.98 Å². The Kier molecular flexibility index (Phi) is 5.66. The third-order valence-corrected chi connectivity index (χ3v) is 4.84. The maximum absolute atomic E-state index is 12.6. The minimum absolute atomic E-state index is 0.184. The monoisotopic (exact) mass is 402 g/mol. The highest BCUT2D eigenvalue weighted by atomic mass is 16.5. The van der Waals surface area contributed by atoms with Crippen molar-refractivity contribution < 1.29 is 18.7 Å². The molecule has 1 heterocycles. The Morgan fingerprint density at radius 3 is 2.57 bits per heavy atom. The summed E-state index contributed by atoms with van der Waals surface area (Å²) in [6.07, 6.45) is 0.563. The van der Waals surface area contributed by atoms with Crippen LogP contribution in [0.25, 0.3) is 11.1 Å². The smallest absolute Gasteiger partial charge is 0.251 e. The van der Waals surface area contributed by atoms with Crippen LogP contribution < -0.4 is 14.8 Å². The zero-order chi connectivity index (χ0) is 20.9. The largest absolute Gasteiger partial charge is 0.497 e. The van der Waals surface area contributed by atoms with E-state index in [-0.39, 0.29) is 5.91 Å². The molecule has 0 fully saturated rings. The molecule has 0 aliphatic rings. The van der Waals surface area contributed by atoms with Crippen LogP contribution in [0.4, 0.5) is 0 Å². The predicted octanol–water partition coefficient (Wildman–Crippen LogP) is 4.37. The topological polar surface area (TPSA) is 73.6 Å². The number of aromatic nitrogens is 1. The summed E-state index contributed by atoms with van der Waals surface area (Å²) in [4.78, 5) is 17.1. The first-order valence-electron chi connectivity index (χ1n) is 9.59. The molecule has 0 saturated carbocycles. The number of hydrogen-bond acceptors (Lipinski definition) is 5. The number of rotatable bonds is 7. The second-order valence-electron chi connectivity index (χ2n) is 6.81. The molecule has 0 spiro atoms. The number of carbonyl (C=O) groups is 1. The fourth-order valence-electron chi connectivity index (χ4n) is 3.23. The van der Waals surface area contributed by atoms with E-state index in [9.17, 15) is 4.79 Å². The summed E-state index contributed by atoms with van der Waals surface area (Å²) in [5.41, 5.74) is 3.81. The molecule has 3 aromatic carbocycles. The normalized spacial score (nSPS) is 10.7. The highest BCUT2D eigenvalue weighted by molar-refractivity contribution is 5.97. The summed E-state index contributed by atoms with van der Waals surface area (Å²) in [5, 5.41) is 2.92. The van der Waals surface area contributed by atoms with Gasteiger partial charge < -0.3 is 19.2 Å². The van der Waals surface area contributed by atoms with Crippen molar-refractivity contribution in [2.24, 2.45) is 0 Å². The Labute approximate surface area is 174 Å². The van der Waals surface area contributed by atoms with E-state index in [1.54, 1.807) is 32.4 Å². The molecular weight excluding hydrogens is 380 g/mol. The number of carbonyl (C=O) groups excluding carboxylic acids is 1. The van der Waals surface area contributed by atoms with Crippen molar-refractivity contribution in [3.8, 4) is 11.5 Å². The van der Waals surface area contributed by atoms with Gasteiger partial charge >= 0.3 is 0 Å². The molecule has 0 bridgehead atoms. The van der Waals surface area contributed by atoms with Crippen LogP contribution in [0.3, 0.4) is 0 Å². The van der Waals surface area contributed by atoms with E-state index < -0.39 is 0 Å². The fraction of sp³-hybridized carbons (Fsp3) is 0.167. The number of ether oxygens (including phenoxy) is 2. The van der Waals surface area contributed by atoms with Crippen LogP contribution in [0.15, 0.2) is 71.1 Å². The summed E-state index contributed by atoms with van der Waals surface area (Å²) in [6.45, 7) is 0.375. The number of para-hydroxylation sites is 1. The van der Waals surface area contributed by atoms with E-state index in [4.69, 9.17) is 13.9 Å². The molecule has 6 heteroatoms. The maximum Gasteiger partial charge on any atom is 0.251 e. The van der Waals surface area contributed by atoms with E-state index in [0.29, 0.717) is 30.0 Å². The van der Waals surface area contributed by atoms with E-state index in [0.717, 1.165) is 28.1 Å². The minimum atomic E-state index is -0.184. The van der Waals surface area contributed by atoms with Crippen LogP contribution >= 0.6 is 0 Å². The molecule has 0 atom stereocenters. The van der Waals surface area contributed by atoms with Crippen molar-refractivity contribution in [2.45, 2.75) is 13.0 Å². The molecule has 0 saturated heterocycles. The quantitative estimate of drug-likeness (QED) is 0.497. The Morgan fingerprint density at radius 1 is 1.00 bits per heavy atom. The number of nitrogens with zero attached hydrogens (tertiary/aromatic N) is 1. The number of fused-ring (bicyclic) bond motifs is 1. The Bertz CT molecular complexity index is 1170. The molecule has 4 rings (SSSR count). The summed E-state index contributed by atoms with van der Waals surface area (Å²) in [5.74, 6) is 1.96. The number of amides is 1. The van der Waals surface area contributed by atoms with E-state index in [1.165, 1.54) is 0 Å². The Morgan fingerprint density at radius 2 is 1.80 bits per heavy atom. The number of nitrogens with one attached hydrogen (secondary N) is 1. The first kappa shape index (κ1) is 19.5. The highest BCUT2D eigenvalue weighted by Crippen LogP contribution is 2.21. The van der Waals surface area contributed by atoms with Gasteiger partial charge in [0.25, 0.3) is 5.91 Å². The average Bonchev–Trinajstić information content (AvgIpc) is 3.19. The van der Waals surface area contributed by atoms with Crippen LogP contribution in [0.2, 0.25) is 0 Å². The Balaban J connectivity index is 1.46. The third kappa shape index (κ3) is 4.27. The number of methoxy groups -OCH3 is 2. The molecular formula is C24H22N2O4. The first-order valence-corrected chi connectivity index (χ1v) is 9.59. The second kappa shape index (κ2) is 8.69. The number of benzene rings is 3. The molecule has 1 amide bonds. The lowest BCUT2D eigenvalue weighted by atomic mass is 10.1. The molecule has 152 valence electrons. The van der Waals surface area contributed by atoms with Gasteiger partial charge in [-0.1, -0.05) is 30.3 Å². The van der Waals surface area contributed by atoms with Gasteiger partial charge in [0.2, 0.25) is 0 Å². The summed E-state index contributed by atoms with van der Waals surface area (Å²) >= 11 is 0. The third-order valence-electron chi connectivity index (χ3n) is 4.84. The molecule has 1 aromatic heterocycles. The predicted molar refractivity (Wildman–Crippen MR) is 114 cm³/mol. The lowest BCUT2D eigenvalue weighted by molar-refractivity contribution is 0.0950. The minimum Gasteiger partial charge on any atom is -0.497 e. The highest BCUT2D eigenvalue weighted by Gasteiger charge is 2.12. The van der Waals surface area contributed by atoms with E-state index in [1.807, 2.05) is 48.5 Å². The second-order valence-corrected chi connectivity index (χ2v) is 6.81. The van der Waals surface area contributed by atoms with Crippen molar-refractivity contribution in [2.75, 3.05) is 14.2 Å². The number of oxazole rings is 1. The number of hydrogen-bond donors (Lipinski definition) is 1. The summed E-state index contributed by atoms with van der Waals surface area (Å²) < 4.78 is 16.4. The van der Waals surface area contributed by atoms with Crippen LogP contribution in [0.1, 0.15) is 27.4 Å². The first-order chi connectivity index (χ1) is 14.7. The molecule has 1 N–H and O–H groups in total. The van der Waals surface area contributed by atoms with Crippen molar-refractivity contribution >= 4 is 17.0 Å². The van der Waals surface area contributed by atoms with Crippen LogP contribution in [-0.2, 0) is 13.0 Å². The van der Waals surface area contributed by atoms with Gasteiger partial charge in [0, 0.05) is 24.1 Å². The SMILES string of the molecule is COc1ccc(Cc2nc3ccc(C(=O)NCc4ccccc4OC)cc3o2)cc1. The van der Waals surface area contributed by atoms with Crippen molar-refractivity contribution in [3.63, 3.8) is 0 Å².